The van der Waals surface area contributed by atoms with Crippen molar-refractivity contribution in [2.75, 3.05) is 53.2 Å². The molecule has 0 spiro atoms. The highest BCUT2D eigenvalue weighted by atomic mass is 16.5. The molecule has 0 saturated heterocycles. The van der Waals surface area contributed by atoms with Crippen molar-refractivity contribution in [3.05, 3.63) is 12.2 Å². The summed E-state index contributed by atoms with van der Waals surface area (Å²) in [6.07, 6.45) is 2.06. The normalized spacial score (nSPS) is 10.7. The first kappa shape index (κ1) is 16.6. The van der Waals surface area contributed by atoms with E-state index in [4.69, 9.17) is 14.2 Å². The molecular weight excluding hydrogens is 218 g/mol. The first-order valence-electron chi connectivity index (χ1n) is 6.33. The SMILES string of the molecule is C=C(CNCCC)COCCCOCCOC. The number of ether oxygens (including phenoxy) is 3. The Morgan fingerprint density at radius 1 is 1.12 bits per heavy atom. The van der Waals surface area contributed by atoms with Gasteiger partial charge in [-0.15, -0.1) is 0 Å². The average Bonchev–Trinajstić information content (AvgIpc) is 2.33. The van der Waals surface area contributed by atoms with Gasteiger partial charge in [0.15, 0.2) is 0 Å². The molecule has 17 heavy (non-hydrogen) atoms. The van der Waals surface area contributed by atoms with Crippen LogP contribution >= 0.6 is 0 Å². The summed E-state index contributed by atoms with van der Waals surface area (Å²) in [5.74, 6) is 0. The average molecular weight is 245 g/mol. The summed E-state index contributed by atoms with van der Waals surface area (Å²) < 4.78 is 15.7. The molecule has 0 amide bonds. The third kappa shape index (κ3) is 13.5. The van der Waals surface area contributed by atoms with E-state index in [1.165, 1.54) is 0 Å². The van der Waals surface area contributed by atoms with E-state index in [2.05, 4.69) is 18.8 Å². The first-order chi connectivity index (χ1) is 8.31. The van der Waals surface area contributed by atoms with E-state index >= 15 is 0 Å². The quantitative estimate of drug-likeness (QED) is 0.395. The molecule has 0 aromatic rings. The third-order valence-corrected chi connectivity index (χ3v) is 2.12. The van der Waals surface area contributed by atoms with Crippen molar-refractivity contribution < 1.29 is 14.2 Å². The van der Waals surface area contributed by atoms with Gasteiger partial charge in [-0.05, 0) is 25.0 Å². The molecule has 102 valence electrons. The van der Waals surface area contributed by atoms with Crippen molar-refractivity contribution in [2.45, 2.75) is 19.8 Å². The molecule has 0 aromatic carbocycles. The lowest BCUT2D eigenvalue weighted by Gasteiger charge is -2.08. The lowest BCUT2D eigenvalue weighted by Crippen LogP contribution is -2.19. The molecule has 0 rings (SSSR count). The summed E-state index contributed by atoms with van der Waals surface area (Å²) in [4.78, 5) is 0. The van der Waals surface area contributed by atoms with Gasteiger partial charge in [-0.1, -0.05) is 13.5 Å². The van der Waals surface area contributed by atoms with Gasteiger partial charge < -0.3 is 19.5 Å². The number of hydrogen-bond acceptors (Lipinski definition) is 4. The van der Waals surface area contributed by atoms with Crippen LogP contribution in [-0.4, -0.2) is 53.2 Å². The molecule has 0 atom stereocenters. The minimum atomic E-state index is 0.634. The number of hydrogen-bond donors (Lipinski definition) is 1. The molecule has 1 N–H and O–H groups in total. The summed E-state index contributed by atoms with van der Waals surface area (Å²) in [5, 5.41) is 3.29. The number of rotatable bonds is 13. The lowest BCUT2D eigenvalue weighted by molar-refractivity contribution is 0.0544. The Morgan fingerprint density at radius 2 is 1.88 bits per heavy atom. The van der Waals surface area contributed by atoms with Crippen LogP contribution in [0.25, 0.3) is 0 Å². The molecule has 0 saturated carbocycles. The molecule has 0 heterocycles. The minimum Gasteiger partial charge on any atom is -0.382 e. The molecular formula is C13H27NO3. The zero-order valence-electron chi connectivity index (χ0n) is 11.3. The van der Waals surface area contributed by atoms with E-state index in [0.29, 0.717) is 19.8 Å². The van der Waals surface area contributed by atoms with Crippen molar-refractivity contribution in [3.8, 4) is 0 Å². The summed E-state index contributed by atoms with van der Waals surface area (Å²) in [6, 6.07) is 0. The van der Waals surface area contributed by atoms with Gasteiger partial charge in [0.05, 0.1) is 19.8 Å². The zero-order valence-corrected chi connectivity index (χ0v) is 11.3. The second kappa shape index (κ2) is 13.6. The maximum atomic E-state index is 5.48. The van der Waals surface area contributed by atoms with Crippen molar-refractivity contribution in [2.24, 2.45) is 0 Å². The molecule has 0 aliphatic heterocycles. The monoisotopic (exact) mass is 245 g/mol. The summed E-state index contributed by atoms with van der Waals surface area (Å²) in [5.41, 5.74) is 1.10. The smallest absolute Gasteiger partial charge is 0.0700 e. The Labute approximate surface area is 105 Å². The topological polar surface area (TPSA) is 39.7 Å². The van der Waals surface area contributed by atoms with Crippen LogP contribution in [0, 0.1) is 0 Å². The van der Waals surface area contributed by atoms with E-state index in [1.807, 2.05) is 0 Å². The van der Waals surface area contributed by atoms with Gasteiger partial charge in [0, 0.05) is 26.9 Å². The highest BCUT2D eigenvalue weighted by Gasteiger charge is 1.95. The number of methoxy groups -OCH3 is 1. The third-order valence-electron chi connectivity index (χ3n) is 2.12. The molecule has 0 aliphatic carbocycles. The fourth-order valence-corrected chi connectivity index (χ4v) is 1.22. The lowest BCUT2D eigenvalue weighted by atomic mass is 10.3. The molecule has 0 aromatic heterocycles. The largest absolute Gasteiger partial charge is 0.382 e. The molecule has 0 unspecified atom stereocenters. The van der Waals surface area contributed by atoms with Gasteiger partial charge in [-0.3, -0.25) is 0 Å². The van der Waals surface area contributed by atoms with Crippen molar-refractivity contribution in [1.82, 2.24) is 5.32 Å². The van der Waals surface area contributed by atoms with Gasteiger partial charge in [-0.25, -0.2) is 0 Å². The van der Waals surface area contributed by atoms with E-state index in [0.717, 1.165) is 44.7 Å². The second-order valence-electron chi connectivity index (χ2n) is 3.94. The fourth-order valence-electron chi connectivity index (χ4n) is 1.22. The summed E-state index contributed by atoms with van der Waals surface area (Å²) >= 11 is 0. The van der Waals surface area contributed by atoms with E-state index in [9.17, 15) is 0 Å². The van der Waals surface area contributed by atoms with Crippen molar-refractivity contribution >= 4 is 0 Å². The summed E-state index contributed by atoms with van der Waals surface area (Å²) in [6.45, 7) is 11.4. The Balaban J connectivity index is 3.08. The van der Waals surface area contributed by atoms with Crippen LogP contribution in [0.4, 0.5) is 0 Å². The maximum absolute atomic E-state index is 5.48. The molecule has 4 nitrogen and oxygen atoms in total. The molecule has 0 bridgehead atoms. The van der Waals surface area contributed by atoms with Crippen LogP contribution in [0.15, 0.2) is 12.2 Å². The van der Waals surface area contributed by atoms with E-state index in [-0.39, 0.29) is 0 Å². The fraction of sp³-hybridized carbons (Fsp3) is 0.846. The summed E-state index contributed by atoms with van der Waals surface area (Å²) in [7, 11) is 1.67. The van der Waals surface area contributed by atoms with Gasteiger partial charge in [0.25, 0.3) is 0 Å². The van der Waals surface area contributed by atoms with Crippen LogP contribution in [-0.2, 0) is 14.2 Å². The van der Waals surface area contributed by atoms with Gasteiger partial charge >= 0.3 is 0 Å². The Bertz CT molecular complexity index is 174. The molecule has 0 radical (unpaired) electrons. The standard InChI is InChI=1S/C13H27NO3/c1-4-6-14-11-13(2)12-17-8-5-7-16-10-9-15-3/h14H,2,4-12H2,1,3H3. The highest BCUT2D eigenvalue weighted by molar-refractivity contribution is 4.96. The van der Waals surface area contributed by atoms with Gasteiger partial charge in [0.1, 0.15) is 0 Å². The zero-order chi connectivity index (χ0) is 12.8. The highest BCUT2D eigenvalue weighted by Crippen LogP contribution is 1.92. The maximum Gasteiger partial charge on any atom is 0.0700 e. The van der Waals surface area contributed by atoms with Crippen molar-refractivity contribution in [3.63, 3.8) is 0 Å². The van der Waals surface area contributed by atoms with E-state index < -0.39 is 0 Å². The molecule has 4 heteroatoms. The number of nitrogens with one attached hydrogen (secondary N) is 1. The second-order valence-corrected chi connectivity index (χ2v) is 3.94. The van der Waals surface area contributed by atoms with Crippen LogP contribution in [0.3, 0.4) is 0 Å². The predicted molar refractivity (Wildman–Crippen MR) is 70.4 cm³/mol. The van der Waals surface area contributed by atoms with Crippen LogP contribution in [0.2, 0.25) is 0 Å². The first-order valence-corrected chi connectivity index (χ1v) is 6.33. The Hall–Kier alpha value is -0.420. The Morgan fingerprint density at radius 3 is 2.59 bits per heavy atom. The van der Waals surface area contributed by atoms with Crippen LogP contribution in [0.5, 0.6) is 0 Å². The molecule has 0 fully saturated rings. The van der Waals surface area contributed by atoms with E-state index in [1.54, 1.807) is 7.11 Å². The predicted octanol–water partition coefficient (Wildman–Crippen LogP) is 1.61. The van der Waals surface area contributed by atoms with Gasteiger partial charge in [-0.2, -0.15) is 0 Å². The van der Waals surface area contributed by atoms with Gasteiger partial charge in [0.2, 0.25) is 0 Å². The van der Waals surface area contributed by atoms with Crippen LogP contribution < -0.4 is 5.32 Å². The van der Waals surface area contributed by atoms with Crippen LogP contribution in [0.1, 0.15) is 19.8 Å². The van der Waals surface area contributed by atoms with Crippen molar-refractivity contribution in [1.29, 1.82) is 0 Å². The molecule has 0 aliphatic rings. The Kier molecular flexibility index (Phi) is 13.3. The minimum absolute atomic E-state index is 0.634.